The Bertz CT molecular complexity index is 1330. The molecule has 0 bridgehead atoms. The number of aliphatic carboxylic acids is 1. The van der Waals surface area contributed by atoms with Crippen LogP contribution in [0, 0.1) is 0 Å². The van der Waals surface area contributed by atoms with Crippen LogP contribution < -0.4 is 4.74 Å². The fourth-order valence-corrected chi connectivity index (χ4v) is 5.32. The van der Waals surface area contributed by atoms with Gasteiger partial charge in [-0.25, -0.2) is 4.98 Å². The maximum absolute atomic E-state index is 12.8. The summed E-state index contributed by atoms with van der Waals surface area (Å²) in [6.07, 6.45) is -0.919. The van der Waals surface area contributed by atoms with Crippen molar-refractivity contribution in [3.63, 3.8) is 0 Å². The molecule has 0 unspecified atom stereocenters. The highest BCUT2D eigenvalue weighted by Gasteiger charge is 2.31. The molecule has 1 atom stereocenters. The van der Waals surface area contributed by atoms with Crippen LogP contribution in [0.25, 0.3) is 21.5 Å². The van der Waals surface area contributed by atoms with E-state index in [1.807, 2.05) is 18.2 Å². The minimum atomic E-state index is -4.35. The predicted octanol–water partition coefficient (Wildman–Crippen LogP) is 6.05. The first-order valence-corrected chi connectivity index (χ1v) is 11.2. The number of alkyl halides is 3. The molecule has 2 heterocycles. The zero-order valence-electron chi connectivity index (χ0n) is 17.3. The molecule has 0 amide bonds. The second kappa shape index (κ2) is 8.22. The van der Waals surface area contributed by atoms with Crippen molar-refractivity contribution >= 4 is 28.2 Å². The summed E-state index contributed by atoms with van der Waals surface area (Å²) in [5.41, 5.74) is 2.50. The number of halogens is 3. The first-order valence-electron chi connectivity index (χ1n) is 10.4. The van der Waals surface area contributed by atoms with Gasteiger partial charge >= 0.3 is 12.1 Å². The Hall–Kier alpha value is -3.33. The number of H-pyrrole nitrogens is 1. The van der Waals surface area contributed by atoms with Crippen molar-refractivity contribution in [1.29, 1.82) is 0 Å². The van der Waals surface area contributed by atoms with Crippen molar-refractivity contribution < 1.29 is 27.8 Å². The lowest BCUT2D eigenvalue weighted by Gasteiger charge is -2.12. The van der Waals surface area contributed by atoms with Gasteiger partial charge in [0, 0.05) is 39.5 Å². The number of fused-ring (bicyclic) bond motifs is 2. The number of carbonyl (C=O) groups is 1. The minimum Gasteiger partial charge on any atom is -0.493 e. The zero-order valence-corrected chi connectivity index (χ0v) is 18.1. The molecule has 33 heavy (non-hydrogen) atoms. The molecule has 9 heteroatoms. The lowest BCUT2D eigenvalue weighted by Crippen LogP contribution is -2.08. The first kappa shape index (κ1) is 21.5. The van der Waals surface area contributed by atoms with Gasteiger partial charge < -0.3 is 14.8 Å². The third-order valence-electron chi connectivity index (χ3n) is 5.83. The Morgan fingerprint density at radius 2 is 2.00 bits per heavy atom. The number of aromatic amines is 1. The number of rotatable bonds is 6. The Morgan fingerprint density at radius 1 is 1.21 bits per heavy atom. The van der Waals surface area contributed by atoms with Gasteiger partial charge in [-0.3, -0.25) is 4.79 Å². The van der Waals surface area contributed by atoms with Gasteiger partial charge in [0.2, 0.25) is 0 Å². The zero-order chi connectivity index (χ0) is 23.2. The molecule has 2 N–H and O–H groups in total. The fourth-order valence-electron chi connectivity index (χ4n) is 4.15. The van der Waals surface area contributed by atoms with E-state index in [1.165, 1.54) is 23.5 Å². The topological polar surface area (TPSA) is 75.2 Å². The molecule has 0 saturated carbocycles. The Balaban J connectivity index is 1.28. The van der Waals surface area contributed by atoms with Crippen molar-refractivity contribution in [2.24, 2.45) is 0 Å². The van der Waals surface area contributed by atoms with E-state index in [0.717, 1.165) is 57.0 Å². The van der Waals surface area contributed by atoms with Crippen LogP contribution in [-0.2, 0) is 23.8 Å². The fraction of sp³-hybridized carbons (Fsp3) is 0.250. The van der Waals surface area contributed by atoms with Crippen LogP contribution >= 0.6 is 11.3 Å². The lowest BCUT2D eigenvalue weighted by molar-refractivity contribution is -0.138. The van der Waals surface area contributed by atoms with Crippen LogP contribution in [0.4, 0.5) is 13.2 Å². The summed E-state index contributed by atoms with van der Waals surface area (Å²) in [5, 5.41) is 10.6. The van der Waals surface area contributed by atoms with Gasteiger partial charge in [0.25, 0.3) is 0 Å². The molecule has 170 valence electrons. The molecule has 5 rings (SSSR count). The third kappa shape index (κ3) is 4.32. The largest absolute Gasteiger partial charge is 0.493 e. The monoisotopic (exact) mass is 472 g/mol. The van der Waals surface area contributed by atoms with E-state index in [9.17, 15) is 18.0 Å². The number of aromatic nitrogens is 2. The second-order valence-corrected chi connectivity index (χ2v) is 9.12. The van der Waals surface area contributed by atoms with E-state index in [1.54, 1.807) is 6.20 Å². The summed E-state index contributed by atoms with van der Waals surface area (Å²) < 4.78 is 44.5. The van der Waals surface area contributed by atoms with Crippen molar-refractivity contribution in [3.05, 3.63) is 70.4 Å². The Kier molecular flexibility index (Phi) is 5.36. The van der Waals surface area contributed by atoms with Crippen LogP contribution in [0.3, 0.4) is 0 Å². The standard InChI is InChI=1S/C24H19F3N2O3S/c25-24(26,27)16-4-1-13(2-5-16)23-29-22-14(3-8-20(22)33-23)12-32-17-6-7-18-15(9-21(30)31)11-28-19(18)10-17/h1-2,4-7,10-11,14,28H,3,8-9,12H2,(H,30,31)/t14-/m0/s1. The lowest BCUT2D eigenvalue weighted by atomic mass is 10.1. The maximum atomic E-state index is 12.8. The molecule has 4 aromatic rings. The SMILES string of the molecule is O=C(O)Cc1c[nH]c2cc(OC[C@@H]3CCc4sc(-c5ccc(C(F)(F)F)cc5)nc43)ccc12. The van der Waals surface area contributed by atoms with Crippen LogP contribution in [0.1, 0.15) is 34.0 Å². The molecule has 0 saturated heterocycles. The van der Waals surface area contributed by atoms with E-state index in [-0.39, 0.29) is 12.3 Å². The predicted molar refractivity (Wildman–Crippen MR) is 119 cm³/mol. The molecule has 0 radical (unpaired) electrons. The highest BCUT2D eigenvalue weighted by atomic mass is 32.1. The third-order valence-corrected chi connectivity index (χ3v) is 7.01. The molecule has 0 aliphatic heterocycles. The van der Waals surface area contributed by atoms with Crippen molar-refractivity contribution in [3.8, 4) is 16.3 Å². The number of nitrogens with zero attached hydrogens (tertiary/aromatic N) is 1. The summed E-state index contributed by atoms with van der Waals surface area (Å²) in [5.74, 6) is -0.0913. The smallest absolute Gasteiger partial charge is 0.416 e. The van der Waals surface area contributed by atoms with Crippen LogP contribution in [0.15, 0.2) is 48.7 Å². The van der Waals surface area contributed by atoms with Crippen molar-refractivity contribution in [1.82, 2.24) is 9.97 Å². The molecule has 2 aromatic carbocycles. The molecule has 1 aliphatic carbocycles. The molecular formula is C24H19F3N2O3S. The number of ether oxygens (including phenoxy) is 1. The van der Waals surface area contributed by atoms with E-state index in [0.29, 0.717) is 17.9 Å². The molecule has 1 aliphatic rings. The van der Waals surface area contributed by atoms with Gasteiger partial charge in [0.05, 0.1) is 24.3 Å². The second-order valence-electron chi connectivity index (χ2n) is 8.04. The summed E-state index contributed by atoms with van der Waals surface area (Å²) in [7, 11) is 0. The summed E-state index contributed by atoms with van der Waals surface area (Å²) in [6.45, 7) is 0.442. The van der Waals surface area contributed by atoms with Gasteiger partial charge in [-0.15, -0.1) is 11.3 Å². The van der Waals surface area contributed by atoms with Crippen molar-refractivity contribution in [2.75, 3.05) is 6.61 Å². The van der Waals surface area contributed by atoms with E-state index >= 15 is 0 Å². The normalized spacial score (nSPS) is 15.7. The quantitative estimate of drug-likeness (QED) is 0.358. The summed E-state index contributed by atoms with van der Waals surface area (Å²) in [4.78, 5) is 19.9. The minimum absolute atomic E-state index is 0.0455. The van der Waals surface area contributed by atoms with E-state index in [4.69, 9.17) is 14.8 Å². The summed E-state index contributed by atoms with van der Waals surface area (Å²) in [6, 6.07) is 10.6. The van der Waals surface area contributed by atoms with Gasteiger partial charge in [-0.05, 0) is 42.7 Å². The number of aryl methyl sites for hydroxylation is 1. The van der Waals surface area contributed by atoms with Gasteiger partial charge in [-0.2, -0.15) is 13.2 Å². The van der Waals surface area contributed by atoms with Gasteiger partial charge in [0.15, 0.2) is 0 Å². The number of hydrogen-bond donors (Lipinski definition) is 2. The first-order chi connectivity index (χ1) is 15.8. The average molecular weight is 472 g/mol. The molecule has 5 nitrogen and oxygen atoms in total. The number of nitrogens with one attached hydrogen (secondary N) is 1. The highest BCUT2D eigenvalue weighted by molar-refractivity contribution is 7.15. The van der Waals surface area contributed by atoms with Crippen LogP contribution in [0.5, 0.6) is 5.75 Å². The number of carboxylic acid groups (broad SMARTS) is 1. The number of hydrogen-bond acceptors (Lipinski definition) is 4. The number of carboxylic acids is 1. The van der Waals surface area contributed by atoms with Gasteiger partial charge in [-0.1, -0.05) is 12.1 Å². The maximum Gasteiger partial charge on any atom is 0.416 e. The Morgan fingerprint density at radius 3 is 2.73 bits per heavy atom. The van der Waals surface area contributed by atoms with Crippen LogP contribution in [-0.4, -0.2) is 27.7 Å². The molecule has 0 spiro atoms. The van der Waals surface area contributed by atoms with Crippen molar-refractivity contribution in [2.45, 2.75) is 31.4 Å². The summed E-state index contributed by atoms with van der Waals surface area (Å²) >= 11 is 1.52. The highest BCUT2D eigenvalue weighted by Crippen LogP contribution is 2.40. The molecule has 2 aromatic heterocycles. The van der Waals surface area contributed by atoms with Gasteiger partial charge in [0.1, 0.15) is 10.8 Å². The molecule has 0 fully saturated rings. The average Bonchev–Trinajstić information content (AvgIpc) is 3.46. The number of benzene rings is 2. The van der Waals surface area contributed by atoms with Crippen LogP contribution in [0.2, 0.25) is 0 Å². The van der Waals surface area contributed by atoms with E-state index < -0.39 is 17.7 Å². The van der Waals surface area contributed by atoms with E-state index in [2.05, 4.69) is 4.98 Å². The number of thiazole rings is 1. The Labute approximate surface area is 190 Å². The molecular weight excluding hydrogens is 453 g/mol.